The number of carbonyl (C=O) groups is 2. The third-order valence-corrected chi connectivity index (χ3v) is 2.38. The first-order valence-corrected chi connectivity index (χ1v) is 5.56. The summed E-state index contributed by atoms with van der Waals surface area (Å²) in [5.74, 6) is -1.50. The minimum Gasteiger partial charge on any atom is -0.480 e. The van der Waals surface area contributed by atoms with Crippen LogP contribution in [0.25, 0.3) is 0 Å². The Labute approximate surface area is 105 Å². The number of rotatable bonds is 6. The molecular formula is C13H14N2O3. The Bertz CT molecular complexity index is 451. The van der Waals surface area contributed by atoms with Crippen LogP contribution in [0, 0.1) is 11.3 Å². The van der Waals surface area contributed by atoms with Gasteiger partial charge in [0.15, 0.2) is 0 Å². The van der Waals surface area contributed by atoms with Crippen LogP contribution in [0.3, 0.4) is 0 Å². The second kappa shape index (κ2) is 7.07. The van der Waals surface area contributed by atoms with Crippen molar-refractivity contribution in [2.75, 3.05) is 0 Å². The lowest BCUT2D eigenvalue weighted by Gasteiger charge is -2.14. The number of hydrogen-bond acceptors (Lipinski definition) is 3. The molecular weight excluding hydrogens is 232 g/mol. The van der Waals surface area contributed by atoms with Crippen molar-refractivity contribution in [3.63, 3.8) is 0 Å². The Morgan fingerprint density at radius 1 is 1.33 bits per heavy atom. The Balaban J connectivity index is 2.59. The number of carbonyl (C=O) groups excluding carboxylic acids is 1. The number of aliphatic carboxylic acids is 1. The molecule has 0 heterocycles. The minimum absolute atomic E-state index is 0.0229. The van der Waals surface area contributed by atoms with E-state index in [1.165, 1.54) is 0 Å². The molecule has 0 saturated carbocycles. The Hall–Kier alpha value is -2.35. The molecule has 0 aromatic heterocycles. The van der Waals surface area contributed by atoms with Gasteiger partial charge in [-0.2, -0.15) is 5.26 Å². The topological polar surface area (TPSA) is 90.2 Å². The number of carboxylic acid groups (broad SMARTS) is 1. The summed E-state index contributed by atoms with van der Waals surface area (Å²) < 4.78 is 0. The fraction of sp³-hybridized carbons (Fsp3) is 0.308. The van der Waals surface area contributed by atoms with Gasteiger partial charge in [0.25, 0.3) is 0 Å². The number of nitrogens with zero attached hydrogens (tertiary/aromatic N) is 1. The number of amides is 1. The molecule has 0 aliphatic carbocycles. The predicted octanol–water partition coefficient (Wildman–Crippen LogP) is 1.10. The molecule has 0 fully saturated rings. The number of carboxylic acids is 1. The van der Waals surface area contributed by atoms with Crippen LogP contribution in [0.5, 0.6) is 0 Å². The summed E-state index contributed by atoms with van der Waals surface area (Å²) in [5.41, 5.74) is 0.838. The van der Waals surface area contributed by atoms with E-state index in [1.807, 2.05) is 24.3 Å². The summed E-state index contributed by atoms with van der Waals surface area (Å²) in [4.78, 5) is 22.4. The molecule has 18 heavy (non-hydrogen) atoms. The fourth-order valence-electron chi connectivity index (χ4n) is 1.49. The van der Waals surface area contributed by atoms with Crippen molar-refractivity contribution >= 4 is 11.9 Å². The van der Waals surface area contributed by atoms with Crippen molar-refractivity contribution in [1.29, 1.82) is 5.26 Å². The highest BCUT2D eigenvalue weighted by molar-refractivity contribution is 5.83. The minimum atomic E-state index is -1.08. The van der Waals surface area contributed by atoms with Crippen molar-refractivity contribution in [3.05, 3.63) is 35.9 Å². The molecule has 1 rings (SSSR count). The van der Waals surface area contributed by atoms with Gasteiger partial charge in [0, 0.05) is 19.3 Å². The van der Waals surface area contributed by atoms with Crippen LogP contribution in [-0.4, -0.2) is 23.0 Å². The maximum atomic E-state index is 11.4. The lowest BCUT2D eigenvalue weighted by molar-refractivity contribution is -0.141. The Morgan fingerprint density at radius 2 is 2.00 bits per heavy atom. The van der Waals surface area contributed by atoms with Crippen LogP contribution in [-0.2, 0) is 16.0 Å². The van der Waals surface area contributed by atoms with Crippen molar-refractivity contribution in [2.24, 2.45) is 0 Å². The fourth-order valence-corrected chi connectivity index (χ4v) is 1.49. The van der Waals surface area contributed by atoms with Crippen molar-refractivity contribution in [2.45, 2.75) is 25.3 Å². The zero-order chi connectivity index (χ0) is 13.4. The molecule has 0 spiro atoms. The molecule has 5 nitrogen and oxygen atoms in total. The van der Waals surface area contributed by atoms with E-state index in [0.717, 1.165) is 5.56 Å². The van der Waals surface area contributed by atoms with E-state index in [0.29, 0.717) is 0 Å². The summed E-state index contributed by atoms with van der Waals surface area (Å²) in [6.07, 6.45) is 0.340. The van der Waals surface area contributed by atoms with Crippen LogP contribution in [0.2, 0.25) is 0 Å². The third-order valence-electron chi connectivity index (χ3n) is 2.38. The van der Waals surface area contributed by atoms with Gasteiger partial charge in [-0.05, 0) is 5.56 Å². The molecule has 0 saturated heterocycles. The van der Waals surface area contributed by atoms with Crippen molar-refractivity contribution in [1.82, 2.24) is 5.32 Å². The number of hydrogen-bond donors (Lipinski definition) is 2. The van der Waals surface area contributed by atoms with Gasteiger partial charge >= 0.3 is 5.97 Å². The summed E-state index contributed by atoms with van der Waals surface area (Å²) in [6, 6.07) is 9.95. The molecule has 1 aromatic carbocycles. The van der Waals surface area contributed by atoms with Gasteiger partial charge in [0.2, 0.25) is 5.91 Å². The van der Waals surface area contributed by atoms with E-state index in [-0.39, 0.29) is 19.3 Å². The average molecular weight is 246 g/mol. The molecule has 1 aromatic rings. The maximum Gasteiger partial charge on any atom is 0.326 e. The molecule has 0 bridgehead atoms. The number of nitriles is 1. The quantitative estimate of drug-likeness (QED) is 0.786. The predicted molar refractivity (Wildman–Crippen MR) is 64.6 cm³/mol. The smallest absolute Gasteiger partial charge is 0.326 e. The highest BCUT2D eigenvalue weighted by Gasteiger charge is 2.19. The molecule has 0 aliphatic rings. The zero-order valence-corrected chi connectivity index (χ0v) is 9.80. The summed E-state index contributed by atoms with van der Waals surface area (Å²) in [5, 5.41) is 19.8. The van der Waals surface area contributed by atoms with E-state index in [1.54, 1.807) is 12.1 Å². The standard InChI is InChI=1S/C13H14N2O3/c14-8-4-7-12(16)15-11(13(17)18)9-10-5-2-1-3-6-10/h1-3,5-6,11H,4,7,9H2,(H,15,16)(H,17,18)/t11-/m0/s1. The van der Waals surface area contributed by atoms with Gasteiger partial charge in [-0.25, -0.2) is 4.79 Å². The summed E-state index contributed by atoms with van der Waals surface area (Å²) in [7, 11) is 0. The molecule has 1 atom stereocenters. The average Bonchev–Trinajstić information content (AvgIpc) is 2.36. The summed E-state index contributed by atoms with van der Waals surface area (Å²) >= 11 is 0. The van der Waals surface area contributed by atoms with Gasteiger partial charge in [-0.3, -0.25) is 4.79 Å². The third kappa shape index (κ3) is 4.66. The van der Waals surface area contributed by atoms with Crippen molar-refractivity contribution < 1.29 is 14.7 Å². The van der Waals surface area contributed by atoms with Gasteiger partial charge in [0.05, 0.1) is 6.07 Å². The maximum absolute atomic E-state index is 11.4. The molecule has 0 aliphatic heterocycles. The van der Waals surface area contributed by atoms with Crippen LogP contribution in [0.15, 0.2) is 30.3 Å². The summed E-state index contributed by atoms with van der Waals surface area (Å²) in [6.45, 7) is 0. The van der Waals surface area contributed by atoms with E-state index in [2.05, 4.69) is 5.32 Å². The first-order chi connectivity index (χ1) is 8.63. The zero-order valence-electron chi connectivity index (χ0n) is 9.80. The highest BCUT2D eigenvalue weighted by atomic mass is 16.4. The lowest BCUT2D eigenvalue weighted by Crippen LogP contribution is -2.42. The largest absolute Gasteiger partial charge is 0.480 e. The van der Waals surface area contributed by atoms with Crippen LogP contribution >= 0.6 is 0 Å². The SMILES string of the molecule is N#CCCC(=O)N[C@@H](Cc1ccccc1)C(=O)O. The van der Waals surface area contributed by atoms with Crippen LogP contribution < -0.4 is 5.32 Å². The molecule has 94 valence electrons. The first-order valence-electron chi connectivity index (χ1n) is 5.56. The van der Waals surface area contributed by atoms with Crippen LogP contribution in [0.1, 0.15) is 18.4 Å². The molecule has 5 heteroatoms. The van der Waals surface area contributed by atoms with Gasteiger partial charge in [-0.15, -0.1) is 0 Å². The normalized spacial score (nSPS) is 11.3. The lowest BCUT2D eigenvalue weighted by atomic mass is 10.1. The van der Waals surface area contributed by atoms with E-state index < -0.39 is 17.9 Å². The second-order valence-electron chi connectivity index (χ2n) is 3.81. The van der Waals surface area contributed by atoms with Gasteiger partial charge < -0.3 is 10.4 Å². The monoisotopic (exact) mass is 246 g/mol. The molecule has 2 N–H and O–H groups in total. The molecule has 0 radical (unpaired) electrons. The van der Waals surface area contributed by atoms with Crippen molar-refractivity contribution in [3.8, 4) is 6.07 Å². The Morgan fingerprint density at radius 3 is 2.56 bits per heavy atom. The van der Waals surface area contributed by atoms with Gasteiger partial charge in [-0.1, -0.05) is 30.3 Å². The number of nitrogens with one attached hydrogen (secondary N) is 1. The van der Waals surface area contributed by atoms with E-state index in [4.69, 9.17) is 10.4 Å². The van der Waals surface area contributed by atoms with Crippen LogP contribution in [0.4, 0.5) is 0 Å². The van der Waals surface area contributed by atoms with E-state index in [9.17, 15) is 9.59 Å². The second-order valence-corrected chi connectivity index (χ2v) is 3.81. The van der Waals surface area contributed by atoms with Gasteiger partial charge in [0.1, 0.15) is 6.04 Å². The van der Waals surface area contributed by atoms with E-state index >= 15 is 0 Å². The highest BCUT2D eigenvalue weighted by Crippen LogP contribution is 2.04. The molecule has 0 unspecified atom stereocenters. The number of benzene rings is 1. The first kappa shape index (κ1) is 13.7. The Kier molecular flexibility index (Phi) is 5.39. The molecule has 1 amide bonds.